The van der Waals surface area contributed by atoms with E-state index in [1.54, 1.807) is 0 Å². The van der Waals surface area contributed by atoms with Gasteiger partial charge in [0.15, 0.2) is 0 Å². The van der Waals surface area contributed by atoms with Crippen molar-refractivity contribution in [1.82, 2.24) is 0 Å². The zero-order chi connectivity index (χ0) is 12.1. The summed E-state index contributed by atoms with van der Waals surface area (Å²) in [6.45, 7) is -0.0636. The monoisotopic (exact) mass is 227 g/mol. The lowest BCUT2D eigenvalue weighted by Gasteiger charge is -2.28. The van der Waals surface area contributed by atoms with Crippen LogP contribution in [0.15, 0.2) is 60.7 Å². The Morgan fingerprint density at radius 1 is 0.882 bits per heavy atom. The molecule has 2 heteroatoms. The van der Waals surface area contributed by atoms with Crippen LogP contribution in [-0.4, -0.2) is 11.7 Å². The minimum Gasteiger partial charge on any atom is -0.394 e. The Kier molecular flexibility index (Phi) is 3.57. The molecule has 17 heavy (non-hydrogen) atoms. The molecule has 0 aliphatic rings. The second kappa shape index (κ2) is 5.13. The van der Waals surface area contributed by atoms with Crippen LogP contribution in [0.4, 0.5) is 0 Å². The molecule has 2 nitrogen and oxygen atoms in total. The largest absolute Gasteiger partial charge is 0.394 e. The van der Waals surface area contributed by atoms with Gasteiger partial charge in [-0.2, -0.15) is 0 Å². The molecule has 0 fully saturated rings. The van der Waals surface area contributed by atoms with Crippen molar-refractivity contribution in [2.24, 2.45) is 5.73 Å². The van der Waals surface area contributed by atoms with E-state index < -0.39 is 5.54 Å². The third-order valence-electron chi connectivity index (χ3n) is 2.99. The van der Waals surface area contributed by atoms with Gasteiger partial charge in [0.25, 0.3) is 0 Å². The number of rotatable bonds is 4. The van der Waals surface area contributed by atoms with Crippen LogP contribution < -0.4 is 5.73 Å². The Morgan fingerprint density at radius 2 is 1.41 bits per heavy atom. The van der Waals surface area contributed by atoms with Crippen molar-refractivity contribution >= 4 is 0 Å². The first-order valence-electron chi connectivity index (χ1n) is 5.74. The van der Waals surface area contributed by atoms with Crippen LogP contribution in [0.2, 0.25) is 0 Å². The fourth-order valence-electron chi connectivity index (χ4n) is 1.98. The summed E-state index contributed by atoms with van der Waals surface area (Å²) in [5.41, 5.74) is 7.69. The Bertz CT molecular complexity index is 455. The lowest BCUT2D eigenvalue weighted by Crippen LogP contribution is -2.42. The predicted molar refractivity (Wildman–Crippen MR) is 69.5 cm³/mol. The van der Waals surface area contributed by atoms with Crippen LogP contribution in [0.25, 0.3) is 0 Å². The van der Waals surface area contributed by atoms with E-state index in [2.05, 4.69) is 0 Å². The lowest BCUT2D eigenvalue weighted by atomic mass is 9.85. The molecule has 1 atom stereocenters. The second-order valence-electron chi connectivity index (χ2n) is 4.34. The van der Waals surface area contributed by atoms with Crippen LogP contribution in [0.5, 0.6) is 0 Å². The number of aliphatic hydroxyl groups is 1. The van der Waals surface area contributed by atoms with E-state index in [1.807, 2.05) is 60.7 Å². The average molecular weight is 227 g/mol. The molecule has 2 rings (SSSR count). The minimum atomic E-state index is -0.706. The summed E-state index contributed by atoms with van der Waals surface area (Å²) in [6, 6.07) is 19.7. The van der Waals surface area contributed by atoms with Gasteiger partial charge in [0.2, 0.25) is 0 Å². The van der Waals surface area contributed by atoms with Gasteiger partial charge in [0.05, 0.1) is 12.1 Å². The number of nitrogens with two attached hydrogens (primary N) is 1. The summed E-state index contributed by atoms with van der Waals surface area (Å²) in [5, 5.41) is 9.58. The maximum Gasteiger partial charge on any atom is 0.0684 e. The quantitative estimate of drug-likeness (QED) is 0.840. The Balaban J connectivity index is 2.27. The van der Waals surface area contributed by atoms with Gasteiger partial charge < -0.3 is 10.8 Å². The molecule has 0 saturated heterocycles. The summed E-state index contributed by atoms with van der Waals surface area (Å²) in [6.07, 6.45) is 0.633. The molecule has 3 N–H and O–H groups in total. The van der Waals surface area contributed by atoms with Gasteiger partial charge in [-0.1, -0.05) is 60.7 Å². The third-order valence-corrected chi connectivity index (χ3v) is 2.99. The molecule has 0 bridgehead atoms. The fourth-order valence-corrected chi connectivity index (χ4v) is 1.98. The van der Waals surface area contributed by atoms with E-state index in [0.717, 1.165) is 11.1 Å². The predicted octanol–water partition coefficient (Wildman–Crippen LogP) is 2.08. The van der Waals surface area contributed by atoms with Crippen LogP contribution in [0.3, 0.4) is 0 Å². The summed E-state index contributed by atoms with van der Waals surface area (Å²) >= 11 is 0. The Hall–Kier alpha value is -1.64. The van der Waals surface area contributed by atoms with Crippen molar-refractivity contribution in [3.63, 3.8) is 0 Å². The molecule has 0 saturated carbocycles. The molecule has 0 heterocycles. The van der Waals surface area contributed by atoms with Gasteiger partial charge in [0.1, 0.15) is 0 Å². The van der Waals surface area contributed by atoms with Crippen molar-refractivity contribution < 1.29 is 5.11 Å². The number of benzene rings is 2. The standard InChI is InChI=1S/C15H17NO/c16-15(12-17,14-9-5-2-6-10-14)11-13-7-3-1-4-8-13/h1-10,17H,11-12,16H2. The Labute approximate surface area is 102 Å². The highest BCUT2D eigenvalue weighted by molar-refractivity contribution is 5.28. The van der Waals surface area contributed by atoms with Gasteiger partial charge in [-0.05, 0) is 17.5 Å². The molecule has 2 aromatic carbocycles. The van der Waals surface area contributed by atoms with Gasteiger partial charge in [-0.15, -0.1) is 0 Å². The molecule has 0 aliphatic carbocycles. The summed E-state index contributed by atoms with van der Waals surface area (Å²) in [5.74, 6) is 0. The van der Waals surface area contributed by atoms with Crippen molar-refractivity contribution in [3.05, 3.63) is 71.8 Å². The van der Waals surface area contributed by atoms with Gasteiger partial charge in [-0.25, -0.2) is 0 Å². The number of hydrogen-bond acceptors (Lipinski definition) is 2. The van der Waals surface area contributed by atoms with Gasteiger partial charge in [-0.3, -0.25) is 0 Å². The SMILES string of the molecule is NC(CO)(Cc1ccccc1)c1ccccc1. The summed E-state index contributed by atoms with van der Waals surface area (Å²) in [4.78, 5) is 0. The van der Waals surface area contributed by atoms with Gasteiger partial charge in [0, 0.05) is 0 Å². The Morgan fingerprint density at radius 3 is 1.94 bits per heavy atom. The van der Waals surface area contributed by atoms with E-state index in [0.29, 0.717) is 6.42 Å². The molecular formula is C15H17NO. The lowest BCUT2D eigenvalue weighted by molar-refractivity contribution is 0.195. The van der Waals surface area contributed by atoms with Crippen molar-refractivity contribution in [3.8, 4) is 0 Å². The van der Waals surface area contributed by atoms with Crippen molar-refractivity contribution in [1.29, 1.82) is 0 Å². The number of hydrogen-bond donors (Lipinski definition) is 2. The second-order valence-corrected chi connectivity index (χ2v) is 4.34. The topological polar surface area (TPSA) is 46.2 Å². The summed E-state index contributed by atoms with van der Waals surface area (Å²) < 4.78 is 0. The minimum absolute atomic E-state index is 0.0636. The van der Waals surface area contributed by atoms with Crippen molar-refractivity contribution in [2.75, 3.05) is 6.61 Å². The first kappa shape index (κ1) is 11.8. The molecule has 0 radical (unpaired) electrons. The molecule has 88 valence electrons. The van der Waals surface area contributed by atoms with E-state index in [9.17, 15) is 5.11 Å². The zero-order valence-corrected chi connectivity index (χ0v) is 9.71. The summed E-state index contributed by atoms with van der Waals surface area (Å²) in [7, 11) is 0. The normalized spacial score (nSPS) is 14.2. The van der Waals surface area contributed by atoms with Crippen molar-refractivity contribution in [2.45, 2.75) is 12.0 Å². The average Bonchev–Trinajstić information content (AvgIpc) is 2.41. The molecule has 2 aromatic rings. The van der Waals surface area contributed by atoms with Crippen LogP contribution in [0, 0.1) is 0 Å². The molecule has 0 spiro atoms. The highest BCUT2D eigenvalue weighted by atomic mass is 16.3. The maximum atomic E-state index is 9.58. The first-order chi connectivity index (χ1) is 8.24. The molecule has 0 amide bonds. The molecular weight excluding hydrogens is 210 g/mol. The maximum absolute atomic E-state index is 9.58. The molecule has 0 aliphatic heterocycles. The van der Waals surface area contributed by atoms with Crippen LogP contribution in [-0.2, 0) is 12.0 Å². The van der Waals surface area contributed by atoms with Gasteiger partial charge >= 0.3 is 0 Å². The van der Waals surface area contributed by atoms with E-state index in [-0.39, 0.29) is 6.61 Å². The smallest absolute Gasteiger partial charge is 0.0684 e. The highest BCUT2D eigenvalue weighted by Crippen LogP contribution is 2.22. The van der Waals surface area contributed by atoms with E-state index >= 15 is 0 Å². The highest BCUT2D eigenvalue weighted by Gasteiger charge is 2.26. The third kappa shape index (κ3) is 2.73. The first-order valence-corrected chi connectivity index (χ1v) is 5.74. The van der Waals surface area contributed by atoms with Crippen LogP contribution >= 0.6 is 0 Å². The molecule has 0 aromatic heterocycles. The number of aliphatic hydroxyl groups excluding tert-OH is 1. The van der Waals surface area contributed by atoms with E-state index in [1.165, 1.54) is 0 Å². The zero-order valence-electron chi connectivity index (χ0n) is 9.71. The fraction of sp³-hybridized carbons (Fsp3) is 0.200. The van der Waals surface area contributed by atoms with E-state index in [4.69, 9.17) is 5.73 Å². The molecule has 1 unspecified atom stereocenters. The van der Waals surface area contributed by atoms with Crippen LogP contribution in [0.1, 0.15) is 11.1 Å².